The van der Waals surface area contributed by atoms with E-state index in [0.717, 1.165) is 5.92 Å². The largest absolute Gasteiger partial charge is 0.327 e. The lowest BCUT2D eigenvalue weighted by Gasteiger charge is -2.38. The smallest absolute Gasteiger partial charge is 0.0139 e. The van der Waals surface area contributed by atoms with Crippen molar-refractivity contribution in [3.05, 3.63) is 35.9 Å². The first kappa shape index (κ1) is 15.6. The molecule has 1 aromatic carbocycles. The van der Waals surface area contributed by atoms with Crippen molar-refractivity contribution in [2.75, 3.05) is 0 Å². The van der Waals surface area contributed by atoms with Gasteiger partial charge in [-0.15, -0.1) is 0 Å². The molecule has 2 N–H and O–H groups in total. The molecule has 3 atom stereocenters. The average molecular weight is 273 g/mol. The highest BCUT2D eigenvalue weighted by Crippen LogP contribution is 2.38. The van der Waals surface area contributed by atoms with Crippen LogP contribution in [0, 0.1) is 17.8 Å². The molecule has 0 aliphatic heterocycles. The standard InChI is InChI=1S/C19H31N/c1-4-15(3)18(16-8-6-5-7-9-16)19(20)17-12-10-14(2)11-13-17/h5-9,14-15,17-19H,4,10-13,20H2,1-3H3. The monoisotopic (exact) mass is 273 g/mol. The van der Waals surface area contributed by atoms with Crippen LogP contribution in [-0.2, 0) is 0 Å². The van der Waals surface area contributed by atoms with E-state index in [9.17, 15) is 0 Å². The van der Waals surface area contributed by atoms with Crippen LogP contribution in [0.1, 0.15) is 64.4 Å². The zero-order valence-electron chi connectivity index (χ0n) is 13.4. The van der Waals surface area contributed by atoms with Crippen molar-refractivity contribution in [2.24, 2.45) is 23.5 Å². The van der Waals surface area contributed by atoms with Gasteiger partial charge in [0.05, 0.1) is 0 Å². The summed E-state index contributed by atoms with van der Waals surface area (Å²) in [4.78, 5) is 0. The fourth-order valence-electron chi connectivity index (χ4n) is 3.82. The first-order chi connectivity index (χ1) is 9.63. The molecule has 1 nitrogen and oxygen atoms in total. The van der Waals surface area contributed by atoms with Gasteiger partial charge in [0.25, 0.3) is 0 Å². The molecule has 1 aromatic rings. The summed E-state index contributed by atoms with van der Waals surface area (Å²) in [5, 5.41) is 0. The molecule has 1 fully saturated rings. The number of benzene rings is 1. The van der Waals surface area contributed by atoms with Crippen LogP contribution in [0.4, 0.5) is 0 Å². The van der Waals surface area contributed by atoms with Crippen molar-refractivity contribution in [3.8, 4) is 0 Å². The molecule has 0 bridgehead atoms. The maximum Gasteiger partial charge on any atom is 0.0139 e. The van der Waals surface area contributed by atoms with Gasteiger partial charge in [0.2, 0.25) is 0 Å². The molecule has 0 spiro atoms. The van der Waals surface area contributed by atoms with Crippen molar-refractivity contribution in [1.82, 2.24) is 0 Å². The minimum Gasteiger partial charge on any atom is -0.327 e. The van der Waals surface area contributed by atoms with Crippen molar-refractivity contribution in [3.63, 3.8) is 0 Å². The Hall–Kier alpha value is -0.820. The van der Waals surface area contributed by atoms with E-state index in [1.54, 1.807) is 0 Å². The van der Waals surface area contributed by atoms with E-state index in [4.69, 9.17) is 5.73 Å². The van der Waals surface area contributed by atoms with Gasteiger partial charge in [0.15, 0.2) is 0 Å². The summed E-state index contributed by atoms with van der Waals surface area (Å²) in [6.45, 7) is 7.03. The second kappa shape index (κ2) is 7.26. The quantitative estimate of drug-likeness (QED) is 0.805. The van der Waals surface area contributed by atoms with Crippen LogP contribution < -0.4 is 5.73 Å². The molecule has 20 heavy (non-hydrogen) atoms. The van der Waals surface area contributed by atoms with Crippen LogP contribution in [-0.4, -0.2) is 6.04 Å². The van der Waals surface area contributed by atoms with Gasteiger partial charge in [-0.3, -0.25) is 0 Å². The fraction of sp³-hybridized carbons (Fsp3) is 0.684. The predicted octanol–water partition coefficient (Wildman–Crippen LogP) is 4.97. The normalized spacial score (nSPS) is 27.8. The summed E-state index contributed by atoms with van der Waals surface area (Å²) in [6, 6.07) is 11.3. The highest BCUT2D eigenvalue weighted by Gasteiger charge is 2.32. The van der Waals surface area contributed by atoms with Crippen molar-refractivity contribution in [2.45, 2.75) is 64.8 Å². The third-order valence-corrected chi connectivity index (χ3v) is 5.46. The zero-order valence-corrected chi connectivity index (χ0v) is 13.4. The van der Waals surface area contributed by atoms with Crippen LogP contribution in [0.15, 0.2) is 30.3 Å². The second-order valence-electron chi connectivity index (χ2n) is 6.92. The van der Waals surface area contributed by atoms with Gasteiger partial charge in [0, 0.05) is 12.0 Å². The topological polar surface area (TPSA) is 26.0 Å². The minimum atomic E-state index is 0.319. The molecule has 1 heteroatoms. The second-order valence-corrected chi connectivity index (χ2v) is 6.92. The third kappa shape index (κ3) is 3.63. The molecule has 0 saturated heterocycles. The molecule has 112 valence electrons. The van der Waals surface area contributed by atoms with Crippen LogP contribution in [0.3, 0.4) is 0 Å². The molecule has 0 heterocycles. The Morgan fingerprint density at radius 3 is 2.25 bits per heavy atom. The highest BCUT2D eigenvalue weighted by atomic mass is 14.7. The van der Waals surface area contributed by atoms with E-state index in [0.29, 0.717) is 23.8 Å². The molecule has 0 aromatic heterocycles. The number of hydrogen-bond donors (Lipinski definition) is 1. The Morgan fingerprint density at radius 2 is 1.70 bits per heavy atom. The van der Waals surface area contributed by atoms with Gasteiger partial charge >= 0.3 is 0 Å². The van der Waals surface area contributed by atoms with Crippen molar-refractivity contribution in [1.29, 1.82) is 0 Å². The van der Waals surface area contributed by atoms with E-state index in [1.165, 1.54) is 37.7 Å². The van der Waals surface area contributed by atoms with Gasteiger partial charge in [-0.25, -0.2) is 0 Å². The van der Waals surface area contributed by atoms with Gasteiger partial charge in [0.1, 0.15) is 0 Å². The first-order valence-corrected chi connectivity index (χ1v) is 8.44. The lowest BCUT2D eigenvalue weighted by Crippen LogP contribution is -2.40. The minimum absolute atomic E-state index is 0.319. The lowest BCUT2D eigenvalue weighted by molar-refractivity contribution is 0.213. The summed E-state index contributed by atoms with van der Waals surface area (Å²) in [5.74, 6) is 2.79. The zero-order chi connectivity index (χ0) is 14.5. The maximum absolute atomic E-state index is 6.75. The summed E-state index contributed by atoms with van der Waals surface area (Å²) < 4.78 is 0. The Balaban J connectivity index is 2.14. The summed E-state index contributed by atoms with van der Waals surface area (Å²) in [5.41, 5.74) is 8.18. The number of nitrogens with two attached hydrogens (primary N) is 1. The third-order valence-electron chi connectivity index (χ3n) is 5.46. The Morgan fingerprint density at radius 1 is 1.10 bits per heavy atom. The fourth-order valence-corrected chi connectivity index (χ4v) is 3.82. The van der Waals surface area contributed by atoms with E-state index >= 15 is 0 Å². The molecule has 0 amide bonds. The van der Waals surface area contributed by atoms with Crippen LogP contribution >= 0.6 is 0 Å². The molecule has 1 aliphatic carbocycles. The predicted molar refractivity (Wildman–Crippen MR) is 87.7 cm³/mol. The molecule has 2 rings (SSSR count). The van der Waals surface area contributed by atoms with Gasteiger partial charge < -0.3 is 5.73 Å². The molecule has 3 unspecified atom stereocenters. The number of rotatable bonds is 5. The Bertz CT molecular complexity index is 378. The Labute approximate surface area is 125 Å². The van der Waals surface area contributed by atoms with E-state index in [-0.39, 0.29) is 0 Å². The highest BCUT2D eigenvalue weighted by molar-refractivity contribution is 5.22. The van der Waals surface area contributed by atoms with Crippen LogP contribution in [0.2, 0.25) is 0 Å². The van der Waals surface area contributed by atoms with Gasteiger partial charge in [-0.1, -0.05) is 70.4 Å². The molecular formula is C19H31N. The first-order valence-electron chi connectivity index (χ1n) is 8.44. The molecule has 0 radical (unpaired) electrons. The van der Waals surface area contributed by atoms with Crippen LogP contribution in [0.25, 0.3) is 0 Å². The molecule has 1 saturated carbocycles. The van der Waals surface area contributed by atoms with Gasteiger partial charge in [-0.05, 0) is 36.2 Å². The lowest BCUT2D eigenvalue weighted by atomic mass is 9.70. The van der Waals surface area contributed by atoms with E-state index in [1.807, 2.05) is 0 Å². The van der Waals surface area contributed by atoms with E-state index in [2.05, 4.69) is 51.1 Å². The molecular weight excluding hydrogens is 242 g/mol. The number of hydrogen-bond acceptors (Lipinski definition) is 1. The van der Waals surface area contributed by atoms with Gasteiger partial charge in [-0.2, -0.15) is 0 Å². The molecule has 1 aliphatic rings. The van der Waals surface area contributed by atoms with Crippen molar-refractivity contribution < 1.29 is 0 Å². The maximum atomic E-state index is 6.75. The summed E-state index contributed by atoms with van der Waals surface area (Å²) in [7, 11) is 0. The van der Waals surface area contributed by atoms with E-state index < -0.39 is 0 Å². The Kier molecular flexibility index (Phi) is 5.65. The van der Waals surface area contributed by atoms with Crippen LogP contribution in [0.5, 0.6) is 0 Å². The SMILES string of the molecule is CCC(C)C(c1ccccc1)C(N)C1CCC(C)CC1. The van der Waals surface area contributed by atoms with Crippen molar-refractivity contribution >= 4 is 0 Å². The summed E-state index contributed by atoms with van der Waals surface area (Å²) in [6.07, 6.45) is 6.57. The average Bonchev–Trinajstić information content (AvgIpc) is 2.49. The summed E-state index contributed by atoms with van der Waals surface area (Å²) >= 11 is 0.